The van der Waals surface area contributed by atoms with E-state index < -0.39 is 11.7 Å². The monoisotopic (exact) mass is 306 g/mol. The van der Waals surface area contributed by atoms with E-state index in [9.17, 15) is 9.18 Å². The summed E-state index contributed by atoms with van der Waals surface area (Å²) in [6.45, 7) is 0. The van der Waals surface area contributed by atoms with E-state index in [1.165, 1.54) is 28.5 Å². The largest absolute Gasteiger partial charge is 0.385 e. The molecule has 21 heavy (non-hydrogen) atoms. The number of aromatic nitrogens is 1. The SMILES string of the molecule is CSc1ccc(N=c2c(C(N)=O)ccc(N)n2C)c(F)c1. The van der Waals surface area contributed by atoms with Crippen LogP contribution >= 0.6 is 11.8 Å². The minimum atomic E-state index is -0.648. The molecule has 0 saturated heterocycles. The molecule has 0 bridgehead atoms. The first-order valence-corrected chi connectivity index (χ1v) is 7.30. The molecule has 0 atom stereocenters. The van der Waals surface area contributed by atoms with E-state index in [0.717, 1.165) is 4.90 Å². The molecule has 0 fully saturated rings. The zero-order chi connectivity index (χ0) is 15.6. The van der Waals surface area contributed by atoms with Gasteiger partial charge in [-0.2, -0.15) is 0 Å². The maximum Gasteiger partial charge on any atom is 0.252 e. The van der Waals surface area contributed by atoms with E-state index in [0.29, 0.717) is 5.82 Å². The molecule has 110 valence electrons. The number of rotatable bonds is 3. The van der Waals surface area contributed by atoms with Crippen LogP contribution in [0, 0.1) is 5.82 Å². The topological polar surface area (TPSA) is 86.4 Å². The van der Waals surface area contributed by atoms with E-state index in [4.69, 9.17) is 11.5 Å². The van der Waals surface area contributed by atoms with E-state index in [1.54, 1.807) is 25.2 Å². The molecule has 1 heterocycles. The molecule has 0 radical (unpaired) electrons. The summed E-state index contributed by atoms with van der Waals surface area (Å²) in [6, 6.07) is 7.72. The standard InChI is InChI=1S/C14H15FN4OS/c1-19-12(16)6-4-9(13(17)20)14(19)18-11-5-3-8(21-2)7-10(11)15/h3-7H,16H2,1-2H3,(H2,17,20). The predicted molar refractivity (Wildman–Crippen MR) is 81.7 cm³/mol. The van der Waals surface area contributed by atoms with Gasteiger partial charge in [0.05, 0.1) is 5.56 Å². The molecule has 0 aliphatic carbocycles. The Bertz CT molecular complexity index is 770. The lowest BCUT2D eigenvalue weighted by molar-refractivity contribution is 0.0998. The van der Waals surface area contributed by atoms with Crippen molar-refractivity contribution >= 4 is 29.2 Å². The fourth-order valence-electron chi connectivity index (χ4n) is 1.80. The molecule has 4 N–H and O–H groups in total. The van der Waals surface area contributed by atoms with Gasteiger partial charge in [0.2, 0.25) is 0 Å². The molecule has 2 rings (SSSR count). The van der Waals surface area contributed by atoms with Crippen molar-refractivity contribution < 1.29 is 9.18 Å². The van der Waals surface area contributed by atoms with Crippen molar-refractivity contribution in [3.05, 3.63) is 47.2 Å². The second-order valence-corrected chi connectivity index (χ2v) is 5.23. The Morgan fingerprint density at radius 2 is 2.05 bits per heavy atom. The zero-order valence-corrected chi connectivity index (χ0v) is 12.4. The highest BCUT2D eigenvalue weighted by Gasteiger charge is 2.09. The summed E-state index contributed by atoms with van der Waals surface area (Å²) in [4.78, 5) is 16.5. The number of halogens is 1. The van der Waals surface area contributed by atoms with Crippen LogP contribution in [-0.4, -0.2) is 16.7 Å². The molecule has 0 aliphatic rings. The first-order valence-electron chi connectivity index (χ1n) is 6.07. The lowest BCUT2D eigenvalue weighted by Gasteiger charge is -2.08. The van der Waals surface area contributed by atoms with Gasteiger partial charge in [-0.3, -0.25) is 4.79 Å². The number of benzene rings is 1. The van der Waals surface area contributed by atoms with E-state index in [2.05, 4.69) is 4.99 Å². The molecule has 1 amide bonds. The second kappa shape index (κ2) is 6.01. The number of amides is 1. The molecular weight excluding hydrogens is 291 g/mol. The molecule has 7 heteroatoms. The number of pyridine rings is 1. The third-order valence-electron chi connectivity index (χ3n) is 3.01. The third-order valence-corrected chi connectivity index (χ3v) is 3.74. The summed E-state index contributed by atoms with van der Waals surface area (Å²) in [5.74, 6) is -0.731. The lowest BCUT2D eigenvalue weighted by atomic mass is 10.2. The molecule has 1 aromatic heterocycles. The normalized spacial score (nSPS) is 11.7. The fraction of sp³-hybridized carbons (Fsp3) is 0.143. The van der Waals surface area contributed by atoms with Gasteiger partial charge < -0.3 is 16.0 Å². The predicted octanol–water partition coefficient (Wildman–Crippen LogP) is 1.80. The smallest absolute Gasteiger partial charge is 0.252 e. The minimum absolute atomic E-state index is 0.122. The first kappa shape index (κ1) is 15.1. The average Bonchev–Trinajstić information content (AvgIpc) is 2.45. The van der Waals surface area contributed by atoms with Crippen LogP contribution in [0.25, 0.3) is 0 Å². The zero-order valence-electron chi connectivity index (χ0n) is 11.6. The number of hydrogen-bond donors (Lipinski definition) is 2. The van der Waals surface area contributed by atoms with Gasteiger partial charge in [-0.05, 0) is 36.6 Å². The number of carbonyl (C=O) groups is 1. The van der Waals surface area contributed by atoms with Gasteiger partial charge in [-0.15, -0.1) is 11.8 Å². The van der Waals surface area contributed by atoms with Crippen molar-refractivity contribution in [2.24, 2.45) is 17.8 Å². The molecule has 0 unspecified atom stereocenters. The van der Waals surface area contributed by atoms with Crippen LogP contribution in [0.5, 0.6) is 0 Å². The first-order chi connectivity index (χ1) is 9.93. The molecule has 2 aromatic rings. The summed E-state index contributed by atoms with van der Waals surface area (Å²) in [6.07, 6.45) is 1.86. The van der Waals surface area contributed by atoms with Crippen LogP contribution in [0.3, 0.4) is 0 Å². The number of thioether (sulfide) groups is 1. The van der Waals surface area contributed by atoms with Gasteiger partial charge in [-0.1, -0.05) is 0 Å². The van der Waals surface area contributed by atoms with Crippen molar-refractivity contribution in [3.8, 4) is 0 Å². The van der Waals surface area contributed by atoms with Crippen LogP contribution in [0.15, 0.2) is 40.2 Å². The van der Waals surface area contributed by atoms with Crippen molar-refractivity contribution in [1.82, 2.24) is 4.57 Å². The van der Waals surface area contributed by atoms with Crippen molar-refractivity contribution in [2.45, 2.75) is 4.90 Å². The van der Waals surface area contributed by atoms with Crippen LogP contribution in [-0.2, 0) is 7.05 Å². The number of primary amides is 1. The number of nitrogen functional groups attached to an aromatic ring is 1. The van der Waals surface area contributed by atoms with Crippen LogP contribution in [0.2, 0.25) is 0 Å². The van der Waals surface area contributed by atoms with Gasteiger partial charge in [0, 0.05) is 11.9 Å². The Morgan fingerprint density at radius 1 is 1.33 bits per heavy atom. The maximum absolute atomic E-state index is 14.0. The van der Waals surface area contributed by atoms with E-state index in [-0.39, 0.29) is 16.7 Å². The highest BCUT2D eigenvalue weighted by Crippen LogP contribution is 2.23. The Morgan fingerprint density at radius 3 is 2.62 bits per heavy atom. The minimum Gasteiger partial charge on any atom is -0.385 e. The lowest BCUT2D eigenvalue weighted by Crippen LogP contribution is -2.30. The Labute approximate surface area is 125 Å². The molecule has 1 aromatic carbocycles. The number of hydrogen-bond acceptors (Lipinski definition) is 4. The van der Waals surface area contributed by atoms with Crippen molar-refractivity contribution in [1.29, 1.82) is 0 Å². The van der Waals surface area contributed by atoms with Crippen LogP contribution in [0.4, 0.5) is 15.9 Å². The maximum atomic E-state index is 14.0. The number of anilines is 1. The highest BCUT2D eigenvalue weighted by molar-refractivity contribution is 7.98. The van der Waals surface area contributed by atoms with Gasteiger partial charge in [0.25, 0.3) is 5.91 Å². The quantitative estimate of drug-likeness (QED) is 0.848. The van der Waals surface area contributed by atoms with Crippen LogP contribution < -0.4 is 17.0 Å². The van der Waals surface area contributed by atoms with Crippen molar-refractivity contribution in [2.75, 3.05) is 12.0 Å². The third kappa shape index (κ3) is 3.08. The molecule has 0 spiro atoms. The van der Waals surface area contributed by atoms with Crippen LogP contribution in [0.1, 0.15) is 10.4 Å². The van der Waals surface area contributed by atoms with Crippen molar-refractivity contribution in [3.63, 3.8) is 0 Å². The Hall–Kier alpha value is -2.28. The molecule has 5 nitrogen and oxygen atoms in total. The summed E-state index contributed by atoms with van der Waals surface area (Å²) in [5.41, 5.74) is 11.6. The van der Waals surface area contributed by atoms with E-state index in [1.807, 2.05) is 6.26 Å². The van der Waals surface area contributed by atoms with Gasteiger partial charge >= 0.3 is 0 Å². The molecular formula is C14H15FN4OS. The Balaban J connectivity index is 2.71. The summed E-state index contributed by atoms with van der Waals surface area (Å²) < 4.78 is 15.5. The highest BCUT2D eigenvalue weighted by atomic mass is 32.2. The second-order valence-electron chi connectivity index (χ2n) is 4.35. The Kier molecular flexibility index (Phi) is 4.32. The number of nitrogens with two attached hydrogens (primary N) is 2. The number of nitrogens with zero attached hydrogens (tertiary/aromatic N) is 2. The summed E-state index contributed by atoms with van der Waals surface area (Å²) in [7, 11) is 1.63. The van der Waals surface area contributed by atoms with Gasteiger partial charge in [-0.25, -0.2) is 9.38 Å². The summed E-state index contributed by atoms with van der Waals surface area (Å²) >= 11 is 1.43. The average molecular weight is 306 g/mol. The van der Waals surface area contributed by atoms with E-state index >= 15 is 0 Å². The molecule has 0 saturated carbocycles. The fourth-order valence-corrected chi connectivity index (χ4v) is 2.23. The molecule has 0 aliphatic heterocycles. The summed E-state index contributed by atoms with van der Waals surface area (Å²) in [5, 5.41) is 0. The van der Waals surface area contributed by atoms with Gasteiger partial charge in [0.1, 0.15) is 22.8 Å². The van der Waals surface area contributed by atoms with Gasteiger partial charge in [0.15, 0.2) is 0 Å². The number of carbonyl (C=O) groups excluding carboxylic acids is 1.